The summed E-state index contributed by atoms with van der Waals surface area (Å²) >= 11 is 0. The zero-order chi connectivity index (χ0) is 35.8. The minimum Gasteiger partial charge on any atom is -0.456 e. The highest BCUT2D eigenvalue weighted by Crippen LogP contribution is 2.40. The number of rotatable bonds is 7. The molecule has 2 nitrogen and oxygen atoms in total. The molecule has 10 aromatic rings. The average molecular weight is 690 g/mol. The molecular formula is C52H35NO. The molecule has 0 unspecified atom stereocenters. The van der Waals surface area contributed by atoms with E-state index >= 15 is 0 Å². The van der Waals surface area contributed by atoms with Crippen molar-refractivity contribution in [3.63, 3.8) is 0 Å². The second kappa shape index (κ2) is 13.4. The van der Waals surface area contributed by atoms with Crippen LogP contribution in [0.2, 0.25) is 0 Å². The van der Waals surface area contributed by atoms with Gasteiger partial charge in [0, 0.05) is 33.9 Å². The molecule has 0 saturated heterocycles. The fourth-order valence-electron chi connectivity index (χ4n) is 7.64. The van der Waals surface area contributed by atoms with Crippen LogP contribution >= 0.6 is 0 Å². The fraction of sp³-hybridized carbons (Fsp3) is 0. The SMILES string of the molecule is c1ccc(-c2ccc(N(c3ccc(-c4ccc(-c5cccc(-c6ccc7ccccc7c6)c5)cc4)cc3)c3ccc4c(c3)oc3ccccc34)cc2)cc1. The molecule has 10 rings (SSSR count). The minimum absolute atomic E-state index is 0.874. The summed E-state index contributed by atoms with van der Waals surface area (Å²) in [4.78, 5) is 2.30. The highest BCUT2D eigenvalue weighted by molar-refractivity contribution is 6.06. The smallest absolute Gasteiger partial charge is 0.137 e. The summed E-state index contributed by atoms with van der Waals surface area (Å²) in [5, 5.41) is 4.77. The third-order valence-electron chi connectivity index (χ3n) is 10.5. The maximum Gasteiger partial charge on any atom is 0.137 e. The maximum atomic E-state index is 6.33. The Morgan fingerprint density at radius 1 is 0.259 bits per heavy atom. The largest absolute Gasteiger partial charge is 0.456 e. The van der Waals surface area contributed by atoms with Gasteiger partial charge in [0.05, 0.1) is 0 Å². The van der Waals surface area contributed by atoms with E-state index in [1.54, 1.807) is 0 Å². The second-order valence-electron chi connectivity index (χ2n) is 13.8. The van der Waals surface area contributed by atoms with Crippen LogP contribution in [0.1, 0.15) is 0 Å². The van der Waals surface area contributed by atoms with Crippen LogP contribution in [0.4, 0.5) is 17.1 Å². The second-order valence-corrected chi connectivity index (χ2v) is 13.8. The lowest BCUT2D eigenvalue weighted by atomic mass is 9.96. The average Bonchev–Trinajstić information content (AvgIpc) is 3.63. The lowest BCUT2D eigenvalue weighted by Gasteiger charge is -2.26. The predicted molar refractivity (Wildman–Crippen MR) is 228 cm³/mol. The van der Waals surface area contributed by atoms with Gasteiger partial charge in [-0.2, -0.15) is 0 Å². The van der Waals surface area contributed by atoms with E-state index in [1.165, 1.54) is 55.3 Å². The molecule has 0 aliphatic carbocycles. The van der Waals surface area contributed by atoms with Gasteiger partial charge in [-0.15, -0.1) is 0 Å². The van der Waals surface area contributed by atoms with E-state index in [0.717, 1.165) is 39.0 Å². The van der Waals surface area contributed by atoms with Crippen molar-refractivity contribution in [3.05, 3.63) is 212 Å². The van der Waals surface area contributed by atoms with E-state index in [1.807, 2.05) is 12.1 Å². The first-order valence-corrected chi connectivity index (χ1v) is 18.4. The number of nitrogens with zero attached hydrogens (tertiary/aromatic N) is 1. The summed E-state index contributed by atoms with van der Waals surface area (Å²) < 4.78 is 6.33. The van der Waals surface area contributed by atoms with E-state index in [-0.39, 0.29) is 0 Å². The highest BCUT2D eigenvalue weighted by Gasteiger charge is 2.16. The molecular weight excluding hydrogens is 655 g/mol. The van der Waals surface area contributed by atoms with Crippen LogP contribution in [0.5, 0.6) is 0 Å². The summed E-state index contributed by atoms with van der Waals surface area (Å²) in [6.45, 7) is 0. The van der Waals surface area contributed by atoms with E-state index < -0.39 is 0 Å². The van der Waals surface area contributed by atoms with Crippen LogP contribution in [0.3, 0.4) is 0 Å². The van der Waals surface area contributed by atoms with Gasteiger partial charge < -0.3 is 9.32 Å². The standard InChI is InChI=1S/C52H35NO/c1-2-9-36(10-3-1)39-23-27-46(28-24-39)53(48-31-32-50-49-15-6-7-16-51(49)54-52(50)35-48)47-29-25-40(26-30-47)38-17-19-41(20-18-38)43-13-8-14-44(33-43)45-22-21-37-11-4-5-12-42(37)34-45/h1-35H. The van der Waals surface area contributed by atoms with E-state index in [9.17, 15) is 0 Å². The van der Waals surface area contributed by atoms with Crippen molar-refractivity contribution >= 4 is 49.8 Å². The Hall–Kier alpha value is -7.16. The van der Waals surface area contributed by atoms with Gasteiger partial charge in [0.25, 0.3) is 0 Å². The van der Waals surface area contributed by atoms with E-state index in [4.69, 9.17) is 4.42 Å². The zero-order valence-electron chi connectivity index (χ0n) is 29.6. The molecule has 0 amide bonds. The Balaban J connectivity index is 0.963. The zero-order valence-corrected chi connectivity index (χ0v) is 29.6. The number of hydrogen-bond donors (Lipinski definition) is 0. The molecule has 0 aliphatic heterocycles. The molecule has 0 bridgehead atoms. The van der Waals surface area contributed by atoms with Gasteiger partial charge in [-0.25, -0.2) is 0 Å². The summed E-state index contributed by atoms with van der Waals surface area (Å²) in [6.07, 6.45) is 0. The highest BCUT2D eigenvalue weighted by atomic mass is 16.3. The Kier molecular flexibility index (Phi) is 7.85. The number of para-hydroxylation sites is 1. The first kappa shape index (κ1) is 31.6. The lowest BCUT2D eigenvalue weighted by molar-refractivity contribution is 0.669. The summed E-state index contributed by atoms with van der Waals surface area (Å²) in [5.41, 5.74) is 14.5. The van der Waals surface area contributed by atoms with Crippen molar-refractivity contribution in [2.24, 2.45) is 0 Å². The number of hydrogen-bond acceptors (Lipinski definition) is 2. The molecule has 9 aromatic carbocycles. The first-order valence-electron chi connectivity index (χ1n) is 18.4. The van der Waals surface area contributed by atoms with Crippen molar-refractivity contribution in [1.29, 1.82) is 0 Å². The normalized spacial score (nSPS) is 11.3. The summed E-state index contributed by atoms with van der Waals surface area (Å²) in [6, 6.07) is 75.9. The number of anilines is 3. The molecule has 2 heteroatoms. The van der Waals surface area contributed by atoms with Crippen LogP contribution in [-0.2, 0) is 0 Å². The predicted octanol–water partition coefficient (Wildman–Crippen LogP) is 14.9. The molecule has 0 radical (unpaired) electrons. The van der Waals surface area contributed by atoms with Crippen molar-refractivity contribution in [3.8, 4) is 44.5 Å². The summed E-state index contributed by atoms with van der Waals surface area (Å²) in [7, 11) is 0. The molecule has 1 aromatic heterocycles. The van der Waals surface area contributed by atoms with Gasteiger partial charge in [-0.1, -0.05) is 152 Å². The number of benzene rings is 9. The van der Waals surface area contributed by atoms with Crippen LogP contribution in [-0.4, -0.2) is 0 Å². The van der Waals surface area contributed by atoms with Crippen molar-refractivity contribution in [1.82, 2.24) is 0 Å². The van der Waals surface area contributed by atoms with Gasteiger partial charge in [-0.3, -0.25) is 0 Å². The van der Waals surface area contributed by atoms with Gasteiger partial charge in [0.1, 0.15) is 11.2 Å². The van der Waals surface area contributed by atoms with E-state index in [2.05, 4.69) is 205 Å². The van der Waals surface area contributed by atoms with Gasteiger partial charge in [-0.05, 0) is 110 Å². The number of fused-ring (bicyclic) bond motifs is 4. The Bertz CT molecular complexity index is 2900. The Morgan fingerprint density at radius 3 is 1.43 bits per heavy atom. The quantitative estimate of drug-likeness (QED) is 0.166. The van der Waals surface area contributed by atoms with E-state index in [0.29, 0.717) is 0 Å². The van der Waals surface area contributed by atoms with Gasteiger partial charge in [0.2, 0.25) is 0 Å². The molecule has 1 heterocycles. The topological polar surface area (TPSA) is 16.4 Å². The van der Waals surface area contributed by atoms with Gasteiger partial charge >= 0.3 is 0 Å². The van der Waals surface area contributed by atoms with Gasteiger partial charge in [0.15, 0.2) is 0 Å². The van der Waals surface area contributed by atoms with Crippen LogP contribution in [0.15, 0.2) is 217 Å². The summed E-state index contributed by atoms with van der Waals surface area (Å²) in [5.74, 6) is 0. The first-order chi connectivity index (χ1) is 26.7. The molecule has 0 saturated carbocycles. The molecule has 0 atom stereocenters. The molecule has 0 N–H and O–H groups in total. The fourth-order valence-corrected chi connectivity index (χ4v) is 7.64. The third-order valence-corrected chi connectivity index (χ3v) is 10.5. The maximum absolute atomic E-state index is 6.33. The Morgan fingerprint density at radius 2 is 0.722 bits per heavy atom. The van der Waals surface area contributed by atoms with Crippen LogP contribution in [0, 0.1) is 0 Å². The molecule has 254 valence electrons. The van der Waals surface area contributed by atoms with Crippen LogP contribution < -0.4 is 4.90 Å². The third kappa shape index (κ3) is 5.90. The minimum atomic E-state index is 0.874. The monoisotopic (exact) mass is 689 g/mol. The van der Waals surface area contributed by atoms with Crippen LogP contribution in [0.25, 0.3) is 77.2 Å². The van der Waals surface area contributed by atoms with Crippen molar-refractivity contribution in [2.75, 3.05) is 4.90 Å². The molecule has 0 aliphatic rings. The number of furan rings is 1. The molecule has 54 heavy (non-hydrogen) atoms. The molecule has 0 fully saturated rings. The van der Waals surface area contributed by atoms with Crippen molar-refractivity contribution in [2.45, 2.75) is 0 Å². The lowest BCUT2D eigenvalue weighted by Crippen LogP contribution is -2.09. The van der Waals surface area contributed by atoms with Crippen molar-refractivity contribution < 1.29 is 4.42 Å². The molecule has 0 spiro atoms. The Labute approximate surface area is 314 Å².